The lowest BCUT2D eigenvalue weighted by atomic mass is 9.48. The molecule has 0 aliphatic heterocycles. The van der Waals surface area contributed by atoms with Crippen molar-refractivity contribution in [3.05, 3.63) is 11.6 Å². The molecule has 3 fully saturated rings. The summed E-state index contributed by atoms with van der Waals surface area (Å²) < 4.78 is 11.0. The van der Waals surface area contributed by atoms with Gasteiger partial charge in [0.15, 0.2) is 5.78 Å². The summed E-state index contributed by atoms with van der Waals surface area (Å²) in [5, 5.41) is 0. The lowest BCUT2D eigenvalue weighted by Crippen LogP contribution is -2.53. The van der Waals surface area contributed by atoms with E-state index >= 15 is 0 Å². The zero-order chi connectivity index (χ0) is 23.6. The molecule has 0 radical (unpaired) electrons. The van der Waals surface area contributed by atoms with Crippen molar-refractivity contribution < 1.29 is 23.9 Å². The second-order valence-electron chi connectivity index (χ2n) is 11.5. The van der Waals surface area contributed by atoms with Crippen molar-refractivity contribution in [2.45, 2.75) is 110 Å². The number of fused-ring (bicyclic) bond motifs is 5. The highest BCUT2D eigenvalue weighted by atomic mass is 16.7. The van der Waals surface area contributed by atoms with Crippen molar-refractivity contribution in [3.8, 4) is 0 Å². The Kier molecular flexibility index (Phi) is 7.35. The molecule has 3 saturated carbocycles. The van der Waals surface area contributed by atoms with Crippen molar-refractivity contribution in [2.24, 2.45) is 28.6 Å². The Bertz CT molecular complexity index is 800. The molecular formula is C28H42O5. The molecule has 0 saturated heterocycles. The van der Waals surface area contributed by atoms with Crippen molar-refractivity contribution in [3.63, 3.8) is 0 Å². The van der Waals surface area contributed by atoms with Crippen LogP contribution in [0, 0.1) is 28.6 Å². The van der Waals surface area contributed by atoms with Gasteiger partial charge in [-0.2, -0.15) is 0 Å². The number of allylic oxidation sites excluding steroid dienone is 1. The molecule has 0 N–H and O–H groups in total. The topological polar surface area (TPSA) is 69.7 Å². The zero-order valence-corrected chi connectivity index (χ0v) is 20.8. The first-order valence-corrected chi connectivity index (χ1v) is 13.4. The quantitative estimate of drug-likeness (QED) is 0.303. The fourth-order valence-electron chi connectivity index (χ4n) is 7.45. The molecule has 0 aromatic rings. The van der Waals surface area contributed by atoms with E-state index in [4.69, 9.17) is 9.47 Å². The van der Waals surface area contributed by atoms with Crippen molar-refractivity contribution in [1.29, 1.82) is 0 Å². The number of rotatable bonds is 8. The molecule has 33 heavy (non-hydrogen) atoms. The van der Waals surface area contributed by atoms with Gasteiger partial charge in [-0.25, -0.2) is 4.79 Å². The normalized spacial score (nSPS) is 37.6. The maximum atomic E-state index is 13.3. The highest BCUT2D eigenvalue weighted by Crippen LogP contribution is 2.63. The number of ketones is 2. The van der Waals surface area contributed by atoms with Gasteiger partial charge in [0, 0.05) is 24.2 Å². The zero-order valence-electron chi connectivity index (χ0n) is 20.8. The first-order valence-electron chi connectivity index (χ1n) is 13.4. The van der Waals surface area contributed by atoms with Gasteiger partial charge < -0.3 is 9.47 Å². The molecule has 3 unspecified atom stereocenters. The number of ether oxygens (including phenoxy) is 2. The lowest BCUT2D eigenvalue weighted by Gasteiger charge is -2.55. The van der Waals surface area contributed by atoms with E-state index in [2.05, 4.69) is 20.8 Å². The van der Waals surface area contributed by atoms with Crippen LogP contribution in [0.2, 0.25) is 0 Å². The van der Waals surface area contributed by atoms with E-state index in [-0.39, 0.29) is 34.6 Å². The molecule has 6 atom stereocenters. The van der Waals surface area contributed by atoms with Crippen LogP contribution in [0.25, 0.3) is 0 Å². The molecular weight excluding hydrogens is 416 g/mol. The predicted octanol–water partition coefficient (Wildman–Crippen LogP) is 6.58. The van der Waals surface area contributed by atoms with Gasteiger partial charge in [-0.1, -0.05) is 58.4 Å². The summed E-state index contributed by atoms with van der Waals surface area (Å²) in [6.45, 7) is 7.02. The number of Topliss-reactive ketones (excluding diaryl/α,β-unsaturated/α-hetero) is 1. The fourth-order valence-corrected chi connectivity index (χ4v) is 7.45. The molecule has 0 heterocycles. The fraction of sp³-hybridized carbons (Fsp3) is 0.821. The van der Waals surface area contributed by atoms with Crippen LogP contribution in [0.4, 0.5) is 4.79 Å². The van der Waals surface area contributed by atoms with Crippen LogP contribution in [0.5, 0.6) is 0 Å². The minimum absolute atomic E-state index is 0.0243. The van der Waals surface area contributed by atoms with E-state index in [1.807, 2.05) is 6.08 Å². The molecule has 4 aliphatic rings. The van der Waals surface area contributed by atoms with Crippen LogP contribution in [0.15, 0.2) is 11.6 Å². The summed E-state index contributed by atoms with van der Waals surface area (Å²) >= 11 is 0. The molecule has 5 nitrogen and oxygen atoms in total. The SMILES string of the molecule is CCCCCCCCOC(=O)O[C@H]1CC[C@@]2(C)C(=CC(=O)C3C2CC[C@]2(C)C(=O)CCC32)C1. The molecule has 0 bridgehead atoms. The van der Waals surface area contributed by atoms with Crippen LogP contribution in [-0.2, 0) is 19.1 Å². The molecule has 4 rings (SSSR count). The van der Waals surface area contributed by atoms with E-state index < -0.39 is 6.16 Å². The Balaban J connectivity index is 1.32. The number of carbonyl (C=O) groups is 3. The average molecular weight is 459 g/mol. The van der Waals surface area contributed by atoms with Gasteiger partial charge in [0.2, 0.25) is 0 Å². The summed E-state index contributed by atoms with van der Waals surface area (Å²) in [4.78, 5) is 38.1. The molecule has 0 spiro atoms. The van der Waals surface area contributed by atoms with Gasteiger partial charge in [-0.05, 0) is 61.9 Å². The Morgan fingerprint density at radius 2 is 1.67 bits per heavy atom. The predicted molar refractivity (Wildman–Crippen MR) is 127 cm³/mol. The van der Waals surface area contributed by atoms with Crippen molar-refractivity contribution in [2.75, 3.05) is 6.61 Å². The first-order chi connectivity index (χ1) is 15.8. The largest absolute Gasteiger partial charge is 0.508 e. The van der Waals surface area contributed by atoms with Crippen LogP contribution < -0.4 is 0 Å². The summed E-state index contributed by atoms with van der Waals surface area (Å²) in [5.74, 6) is 1.02. The van der Waals surface area contributed by atoms with Gasteiger partial charge in [0.25, 0.3) is 0 Å². The third-order valence-electron chi connectivity index (χ3n) is 9.59. The second-order valence-corrected chi connectivity index (χ2v) is 11.5. The number of unbranched alkanes of at least 4 members (excludes halogenated alkanes) is 5. The Morgan fingerprint density at radius 3 is 2.45 bits per heavy atom. The average Bonchev–Trinajstić information content (AvgIpc) is 3.09. The van der Waals surface area contributed by atoms with Gasteiger partial charge >= 0.3 is 6.16 Å². The smallest absolute Gasteiger partial charge is 0.434 e. The molecule has 0 aromatic carbocycles. The summed E-state index contributed by atoms with van der Waals surface area (Å²) in [5.41, 5.74) is 0.800. The number of hydrogen-bond acceptors (Lipinski definition) is 5. The van der Waals surface area contributed by atoms with E-state index in [0.717, 1.165) is 50.5 Å². The van der Waals surface area contributed by atoms with E-state index in [9.17, 15) is 14.4 Å². The van der Waals surface area contributed by atoms with Crippen molar-refractivity contribution in [1.82, 2.24) is 0 Å². The van der Waals surface area contributed by atoms with Gasteiger partial charge in [0.05, 0.1) is 6.61 Å². The number of carbonyl (C=O) groups excluding carboxylic acids is 3. The van der Waals surface area contributed by atoms with E-state index in [1.54, 1.807) is 0 Å². The minimum Gasteiger partial charge on any atom is -0.434 e. The Labute approximate surface area is 199 Å². The van der Waals surface area contributed by atoms with Crippen LogP contribution in [-0.4, -0.2) is 30.4 Å². The number of hydrogen-bond donors (Lipinski definition) is 0. The summed E-state index contributed by atoms with van der Waals surface area (Å²) in [6.07, 6.45) is 13.6. The van der Waals surface area contributed by atoms with Gasteiger partial charge in [0.1, 0.15) is 11.9 Å². The first kappa shape index (κ1) is 24.5. The highest BCUT2D eigenvalue weighted by molar-refractivity contribution is 5.96. The van der Waals surface area contributed by atoms with Crippen LogP contribution >= 0.6 is 0 Å². The molecule has 184 valence electrons. The molecule has 0 amide bonds. The summed E-state index contributed by atoms with van der Waals surface area (Å²) in [7, 11) is 0. The second kappa shape index (κ2) is 9.92. The Morgan fingerprint density at radius 1 is 0.970 bits per heavy atom. The lowest BCUT2D eigenvalue weighted by molar-refractivity contribution is -0.139. The highest BCUT2D eigenvalue weighted by Gasteiger charge is 2.61. The molecule has 5 heteroatoms. The third-order valence-corrected chi connectivity index (χ3v) is 9.59. The maximum Gasteiger partial charge on any atom is 0.508 e. The molecule has 0 aromatic heterocycles. The van der Waals surface area contributed by atoms with Crippen LogP contribution in [0.1, 0.15) is 104 Å². The van der Waals surface area contributed by atoms with E-state index in [1.165, 1.54) is 25.7 Å². The van der Waals surface area contributed by atoms with E-state index in [0.29, 0.717) is 31.1 Å². The Hall–Kier alpha value is -1.65. The molecule has 4 aliphatic carbocycles. The van der Waals surface area contributed by atoms with Gasteiger partial charge in [-0.3, -0.25) is 9.59 Å². The minimum atomic E-state index is -0.573. The standard InChI is InChI=1S/C28H42O5/c1-4-5-6-7-8-9-16-32-26(31)33-20-12-14-27(2)19(17-20)18-23(29)25-21-10-11-24(30)28(21,3)15-13-22(25)27/h18,20-22,25H,4-17H2,1-3H3/t20-,21?,22?,25?,27-,28-/m0/s1. The van der Waals surface area contributed by atoms with Crippen LogP contribution in [0.3, 0.4) is 0 Å². The summed E-state index contributed by atoms with van der Waals surface area (Å²) in [6, 6.07) is 0. The van der Waals surface area contributed by atoms with Crippen molar-refractivity contribution >= 4 is 17.7 Å². The third kappa shape index (κ3) is 4.66. The monoisotopic (exact) mass is 458 g/mol. The maximum absolute atomic E-state index is 13.3. The van der Waals surface area contributed by atoms with Gasteiger partial charge in [-0.15, -0.1) is 0 Å².